The zero-order chi connectivity index (χ0) is 24.6. The maximum atomic E-state index is 10.6. The Morgan fingerprint density at radius 1 is 0.515 bits per heavy atom. The van der Waals surface area contributed by atoms with Crippen LogP contribution in [0.4, 0.5) is 0 Å². The van der Waals surface area contributed by atoms with Crippen LogP contribution >= 0.6 is 0 Å². The smallest absolute Gasteiger partial charge is 0.187 e. The van der Waals surface area contributed by atoms with E-state index in [-0.39, 0.29) is 0 Å². The zero-order valence-corrected chi connectivity index (χ0v) is 18.1. The van der Waals surface area contributed by atoms with E-state index in [1.54, 1.807) is 0 Å². The van der Waals surface area contributed by atoms with Gasteiger partial charge in [0.05, 0.1) is 25.4 Å². The molecule has 0 spiro atoms. The summed E-state index contributed by atoms with van der Waals surface area (Å²) in [6.45, 7) is 1.58. The van der Waals surface area contributed by atoms with Gasteiger partial charge in [-0.15, -0.1) is 0 Å². The van der Waals surface area contributed by atoms with Crippen LogP contribution in [0.15, 0.2) is 0 Å². The highest BCUT2D eigenvalue weighted by molar-refractivity contribution is 4.96. The van der Waals surface area contributed by atoms with Gasteiger partial charge in [0.1, 0.15) is 67.1 Å². The summed E-state index contributed by atoms with van der Waals surface area (Å²) in [5.41, 5.74) is 0. The topological polar surface area (TPSA) is 228 Å². The summed E-state index contributed by atoms with van der Waals surface area (Å²) in [5, 5.41) is 90.8. The first-order valence-corrected chi connectivity index (χ1v) is 10.8. The minimum atomic E-state index is -1.76. The molecule has 3 aliphatic rings. The van der Waals surface area contributed by atoms with Crippen LogP contribution in [0, 0.1) is 0 Å². The van der Waals surface area contributed by atoms with Crippen molar-refractivity contribution in [2.45, 2.75) is 106 Å². The highest BCUT2D eigenvalue weighted by atomic mass is 16.8. The molecule has 9 N–H and O–H groups in total. The van der Waals surface area contributed by atoms with Gasteiger partial charge < -0.3 is 69.6 Å². The van der Waals surface area contributed by atoms with Crippen molar-refractivity contribution in [1.29, 1.82) is 0 Å². The molecule has 194 valence electrons. The number of rotatable bonds is 6. The molecule has 3 fully saturated rings. The third-order valence-corrected chi connectivity index (χ3v) is 6.32. The first-order chi connectivity index (χ1) is 15.5. The van der Waals surface area contributed by atoms with Crippen molar-refractivity contribution < 1.29 is 69.6 Å². The Morgan fingerprint density at radius 3 is 1.64 bits per heavy atom. The molecule has 0 bridgehead atoms. The molecule has 0 saturated carbocycles. The van der Waals surface area contributed by atoms with Gasteiger partial charge in [-0.25, -0.2) is 0 Å². The molecule has 0 aromatic carbocycles. The molecule has 3 saturated heterocycles. The molecule has 0 aliphatic carbocycles. The quantitative estimate of drug-likeness (QED) is 0.171. The van der Waals surface area contributed by atoms with Gasteiger partial charge in [0.2, 0.25) is 0 Å². The van der Waals surface area contributed by atoms with Crippen LogP contribution in [-0.2, 0) is 23.7 Å². The van der Waals surface area contributed by atoms with Gasteiger partial charge in [0, 0.05) is 0 Å². The van der Waals surface area contributed by atoms with Gasteiger partial charge in [0.25, 0.3) is 0 Å². The summed E-state index contributed by atoms with van der Waals surface area (Å²) in [4.78, 5) is 0. The lowest BCUT2D eigenvalue weighted by molar-refractivity contribution is -0.380. The van der Waals surface area contributed by atoms with E-state index in [1.165, 1.54) is 13.8 Å². The Kier molecular flexibility index (Phi) is 9.02. The van der Waals surface area contributed by atoms with E-state index in [0.717, 1.165) is 0 Å². The Labute approximate surface area is 189 Å². The molecule has 0 aromatic heterocycles. The summed E-state index contributed by atoms with van der Waals surface area (Å²) in [6, 6.07) is 0. The van der Waals surface area contributed by atoms with Gasteiger partial charge in [-0.2, -0.15) is 0 Å². The average molecular weight is 486 g/mol. The van der Waals surface area contributed by atoms with Crippen molar-refractivity contribution in [3.8, 4) is 0 Å². The van der Waals surface area contributed by atoms with Gasteiger partial charge in [-0.1, -0.05) is 0 Å². The van der Waals surface area contributed by atoms with Crippen molar-refractivity contribution >= 4 is 0 Å². The molecule has 9 unspecified atom stereocenters. The Hall–Kier alpha value is -0.560. The predicted octanol–water partition coefficient (Wildman–Crippen LogP) is -5.48. The van der Waals surface area contributed by atoms with Crippen LogP contribution < -0.4 is 0 Å². The second kappa shape index (κ2) is 11.0. The van der Waals surface area contributed by atoms with Gasteiger partial charge in [-0.3, -0.25) is 0 Å². The zero-order valence-electron chi connectivity index (χ0n) is 18.1. The first kappa shape index (κ1) is 27.0. The van der Waals surface area contributed by atoms with Crippen LogP contribution in [0.1, 0.15) is 13.8 Å². The largest absolute Gasteiger partial charge is 0.394 e. The lowest BCUT2D eigenvalue weighted by Gasteiger charge is -2.48. The third-order valence-electron chi connectivity index (χ3n) is 6.32. The third kappa shape index (κ3) is 5.34. The Balaban J connectivity index is 1.83. The van der Waals surface area contributed by atoms with Crippen molar-refractivity contribution in [3.05, 3.63) is 0 Å². The number of aliphatic hydroxyl groups is 9. The van der Waals surface area contributed by atoms with E-state index in [9.17, 15) is 46.0 Å². The first-order valence-electron chi connectivity index (χ1n) is 10.8. The Bertz CT molecular complexity index is 623. The summed E-state index contributed by atoms with van der Waals surface area (Å²) in [7, 11) is 0. The molecule has 33 heavy (non-hydrogen) atoms. The molecule has 14 heteroatoms. The summed E-state index contributed by atoms with van der Waals surface area (Å²) in [5.74, 6) is 0. The van der Waals surface area contributed by atoms with E-state index in [2.05, 4.69) is 0 Å². The lowest BCUT2D eigenvalue weighted by atomic mass is 9.94. The van der Waals surface area contributed by atoms with Gasteiger partial charge in [0.15, 0.2) is 12.6 Å². The molecule has 3 heterocycles. The molecule has 0 radical (unpaired) electrons. The van der Waals surface area contributed by atoms with E-state index < -0.39 is 105 Å². The molecular formula is C19H34O14. The summed E-state index contributed by atoms with van der Waals surface area (Å²) in [6.07, 6.45) is -21.5. The summed E-state index contributed by atoms with van der Waals surface area (Å²) >= 11 is 0. The molecule has 3 rings (SSSR count). The van der Waals surface area contributed by atoms with Crippen LogP contribution in [0.5, 0.6) is 0 Å². The predicted molar refractivity (Wildman–Crippen MR) is 103 cm³/mol. The minimum absolute atomic E-state index is 0.600. The van der Waals surface area contributed by atoms with Crippen LogP contribution in [0.25, 0.3) is 0 Å². The van der Waals surface area contributed by atoms with Crippen LogP contribution in [-0.4, -0.2) is 151 Å². The monoisotopic (exact) mass is 486 g/mol. The standard InChI is InChI=1S/C19H34O14/c1-5-10(23)13(26)16(8(4-21)29-5)32-19-17(14(27)11(24)7(3-20)31-19)33-18-15(28)12(25)9(22)6(2)30-18/h5-28H,3-4H2,1-2H3/t5-,6?,7?,8?,9+,10?,11-,12?,13?,14?,15?,16+,17?,18-,19-/m0/s1. The van der Waals surface area contributed by atoms with Crippen LogP contribution in [0.3, 0.4) is 0 Å². The minimum Gasteiger partial charge on any atom is -0.394 e. The van der Waals surface area contributed by atoms with Crippen LogP contribution in [0.2, 0.25) is 0 Å². The molecule has 0 amide bonds. The van der Waals surface area contributed by atoms with E-state index in [4.69, 9.17) is 23.7 Å². The number of ether oxygens (including phenoxy) is 5. The fraction of sp³-hybridized carbons (Fsp3) is 1.00. The fourth-order valence-corrected chi connectivity index (χ4v) is 4.19. The number of aliphatic hydroxyl groups excluding tert-OH is 9. The van der Waals surface area contributed by atoms with Crippen molar-refractivity contribution in [1.82, 2.24) is 0 Å². The molecule has 3 aliphatic heterocycles. The molecule has 14 nitrogen and oxygen atoms in total. The number of hydrogen-bond donors (Lipinski definition) is 9. The van der Waals surface area contributed by atoms with Crippen molar-refractivity contribution in [2.75, 3.05) is 13.2 Å². The maximum absolute atomic E-state index is 10.6. The highest BCUT2D eigenvalue weighted by Gasteiger charge is 2.53. The van der Waals surface area contributed by atoms with E-state index in [0.29, 0.717) is 0 Å². The van der Waals surface area contributed by atoms with E-state index >= 15 is 0 Å². The average Bonchev–Trinajstić information content (AvgIpc) is 2.80. The lowest BCUT2D eigenvalue weighted by Crippen LogP contribution is -2.66. The maximum Gasteiger partial charge on any atom is 0.187 e. The normalized spacial score (nSPS) is 53.7. The highest BCUT2D eigenvalue weighted by Crippen LogP contribution is 2.32. The van der Waals surface area contributed by atoms with Gasteiger partial charge in [-0.05, 0) is 13.8 Å². The second-order valence-electron chi connectivity index (χ2n) is 8.63. The second-order valence-corrected chi connectivity index (χ2v) is 8.63. The van der Waals surface area contributed by atoms with E-state index in [1.807, 2.05) is 0 Å². The molecule has 15 atom stereocenters. The fourth-order valence-electron chi connectivity index (χ4n) is 4.19. The van der Waals surface area contributed by atoms with Crippen molar-refractivity contribution in [3.63, 3.8) is 0 Å². The number of hydrogen-bond acceptors (Lipinski definition) is 14. The Morgan fingerprint density at radius 2 is 1.03 bits per heavy atom. The molecular weight excluding hydrogens is 452 g/mol. The summed E-state index contributed by atoms with van der Waals surface area (Å²) < 4.78 is 27.6. The molecule has 0 aromatic rings. The van der Waals surface area contributed by atoms with Gasteiger partial charge >= 0.3 is 0 Å². The SMILES string of the molecule is CC1O[C@@H](OC2C(O)[C@@H](O)C(CO)O[C@H]2O[C@@H]2C(CO)O[C@@H](C)C(O)C2O)C(O)C(O)[C@@H]1O. The van der Waals surface area contributed by atoms with Crippen molar-refractivity contribution in [2.24, 2.45) is 0 Å².